The van der Waals surface area contributed by atoms with Crippen LogP contribution in [0, 0.1) is 5.92 Å². The third-order valence-corrected chi connectivity index (χ3v) is 6.60. The summed E-state index contributed by atoms with van der Waals surface area (Å²) in [4.78, 5) is 12.2. The summed E-state index contributed by atoms with van der Waals surface area (Å²) in [5.74, 6) is 0.470. The fraction of sp³-hybridized carbons (Fsp3) is 0.611. The molecule has 5 nitrogen and oxygen atoms in total. The van der Waals surface area contributed by atoms with Gasteiger partial charge in [-0.1, -0.05) is 58.7 Å². The van der Waals surface area contributed by atoms with Crippen molar-refractivity contribution in [3.05, 3.63) is 30.3 Å². The second-order valence-electron chi connectivity index (χ2n) is 6.26. The van der Waals surface area contributed by atoms with E-state index in [9.17, 15) is 9.36 Å². The molecule has 0 heterocycles. The van der Waals surface area contributed by atoms with Crippen LogP contribution in [0.2, 0.25) is 0 Å². The van der Waals surface area contributed by atoms with Crippen LogP contribution >= 0.6 is 7.52 Å². The maximum absolute atomic E-state index is 13.1. The summed E-state index contributed by atoms with van der Waals surface area (Å²) in [6, 6.07) is 8.27. The van der Waals surface area contributed by atoms with Gasteiger partial charge in [0.25, 0.3) is 0 Å². The van der Waals surface area contributed by atoms with E-state index in [1.54, 1.807) is 32.9 Å². The molecule has 1 N–H and O–H groups in total. The van der Waals surface area contributed by atoms with E-state index in [0.717, 1.165) is 12.8 Å². The minimum atomic E-state index is -3.24. The monoisotopic (exact) mass is 355 g/mol. The van der Waals surface area contributed by atoms with Crippen molar-refractivity contribution in [2.45, 2.75) is 59.2 Å². The number of carbonyl (C=O) groups excluding carboxylic acids is 1. The molecule has 0 radical (unpaired) electrons. The maximum Gasteiger partial charge on any atom is 0.323 e. The Morgan fingerprint density at radius 3 is 2.21 bits per heavy atom. The molecule has 136 valence electrons. The van der Waals surface area contributed by atoms with E-state index in [0.29, 0.717) is 18.3 Å². The van der Waals surface area contributed by atoms with Crippen LogP contribution < -0.4 is 9.61 Å². The molecule has 0 aliphatic heterocycles. The molecule has 0 aliphatic carbocycles. The van der Waals surface area contributed by atoms with Crippen LogP contribution in [0.1, 0.15) is 47.5 Å². The molecule has 0 unspecified atom stereocenters. The molecule has 1 aromatic carbocycles. The van der Waals surface area contributed by atoms with Crippen molar-refractivity contribution in [1.82, 2.24) is 5.09 Å². The van der Waals surface area contributed by atoms with Gasteiger partial charge in [-0.15, -0.1) is 0 Å². The van der Waals surface area contributed by atoms with Crippen LogP contribution in [0.25, 0.3) is 0 Å². The number of esters is 1. The first-order valence-electron chi connectivity index (χ1n) is 8.61. The zero-order valence-corrected chi connectivity index (χ0v) is 16.2. The number of para-hydroxylation sites is 1. The summed E-state index contributed by atoms with van der Waals surface area (Å²) in [5.41, 5.74) is -0.271. The van der Waals surface area contributed by atoms with Gasteiger partial charge in [-0.25, -0.2) is 5.09 Å². The van der Waals surface area contributed by atoms with Gasteiger partial charge in [0.1, 0.15) is 11.8 Å². The Labute approximate surface area is 145 Å². The van der Waals surface area contributed by atoms with E-state index in [2.05, 4.69) is 18.9 Å². The molecule has 0 fully saturated rings. The Morgan fingerprint density at radius 2 is 1.71 bits per heavy atom. The molecule has 0 saturated carbocycles. The number of benzene rings is 1. The highest BCUT2D eigenvalue weighted by Gasteiger charge is 2.33. The molecule has 0 aromatic heterocycles. The van der Waals surface area contributed by atoms with Crippen LogP contribution in [-0.2, 0) is 14.1 Å². The SMILES string of the molecule is CCC(CC)COC(=O)[C@H](C)N[P@](=O)(Oc1ccccc1)C(C)C. The number of ether oxygens (including phenoxy) is 1. The highest BCUT2D eigenvalue weighted by Crippen LogP contribution is 2.48. The van der Waals surface area contributed by atoms with Gasteiger partial charge in [-0.3, -0.25) is 9.36 Å². The average molecular weight is 355 g/mol. The standard InChI is InChI=1S/C18H30NO4P/c1-6-16(7-2)13-22-18(20)15(5)19-24(21,14(3)4)23-17-11-9-8-10-12-17/h8-12,14-16H,6-7,13H2,1-5H3,(H,19,21)/t15-,24+/m0/s1. The highest BCUT2D eigenvalue weighted by atomic mass is 31.2. The van der Waals surface area contributed by atoms with Crippen molar-refractivity contribution in [2.24, 2.45) is 5.92 Å². The van der Waals surface area contributed by atoms with Gasteiger partial charge in [0.15, 0.2) is 0 Å². The lowest BCUT2D eigenvalue weighted by molar-refractivity contribution is -0.146. The zero-order chi connectivity index (χ0) is 18.2. The quantitative estimate of drug-likeness (QED) is 0.490. The minimum Gasteiger partial charge on any atom is -0.464 e. The number of nitrogens with one attached hydrogen (secondary N) is 1. The highest BCUT2D eigenvalue weighted by molar-refractivity contribution is 7.58. The van der Waals surface area contributed by atoms with Crippen LogP contribution in [0.5, 0.6) is 5.75 Å². The Balaban J connectivity index is 2.70. The molecule has 1 aromatic rings. The number of hydrogen-bond donors (Lipinski definition) is 1. The average Bonchev–Trinajstić information content (AvgIpc) is 2.56. The lowest BCUT2D eigenvalue weighted by Gasteiger charge is -2.26. The molecule has 0 bridgehead atoms. The molecule has 0 aliphatic rings. The molecule has 24 heavy (non-hydrogen) atoms. The van der Waals surface area contributed by atoms with Crippen molar-refractivity contribution in [2.75, 3.05) is 6.61 Å². The van der Waals surface area contributed by atoms with Gasteiger partial charge in [-0.05, 0) is 25.0 Å². The molecule has 1 rings (SSSR count). The number of carbonyl (C=O) groups is 1. The lowest BCUT2D eigenvalue weighted by Crippen LogP contribution is -2.37. The topological polar surface area (TPSA) is 64.6 Å². The summed E-state index contributed by atoms with van der Waals surface area (Å²) < 4.78 is 24.1. The largest absolute Gasteiger partial charge is 0.464 e. The van der Waals surface area contributed by atoms with Crippen molar-refractivity contribution in [3.8, 4) is 5.75 Å². The van der Waals surface area contributed by atoms with E-state index in [4.69, 9.17) is 9.26 Å². The Morgan fingerprint density at radius 1 is 1.12 bits per heavy atom. The third-order valence-electron chi connectivity index (χ3n) is 4.01. The van der Waals surface area contributed by atoms with Gasteiger partial charge >= 0.3 is 13.5 Å². The van der Waals surface area contributed by atoms with Crippen LogP contribution in [-0.4, -0.2) is 24.3 Å². The molecule has 6 heteroatoms. The Bertz CT molecular complexity index is 543. The predicted molar refractivity (Wildman–Crippen MR) is 97.4 cm³/mol. The second kappa shape index (κ2) is 9.85. The van der Waals surface area contributed by atoms with Crippen molar-refractivity contribution in [3.63, 3.8) is 0 Å². The first kappa shape index (κ1) is 20.7. The molecule has 2 atom stereocenters. The van der Waals surface area contributed by atoms with Crippen LogP contribution in [0.4, 0.5) is 0 Å². The second-order valence-corrected chi connectivity index (χ2v) is 8.93. The zero-order valence-electron chi connectivity index (χ0n) is 15.3. The van der Waals surface area contributed by atoms with Gasteiger partial charge < -0.3 is 9.26 Å². The number of hydrogen-bond acceptors (Lipinski definition) is 4. The fourth-order valence-corrected chi connectivity index (χ4v) is 3.73. The summed E-state index contributed by atoms with van der Waals surface area (Å²) >= 11 is 0. The van der Waals surface area contributed by atoms with E-state index >= 15 is 0 Å². The van der Waals surface area contributed by atoms with Crippen molar-refractivity contribution in [1.29, 1.82) is 0 Å². The van der Waals surface area contributed by atoms with Crippen LogP contribution in [0.15, 0.2) is 30.3 Å². The molecular weight excluding hydrogens is 325 g/mol. The van der Waals surface area contributed by atoms with Crippen LogP contribution in [0.3, 0.4) is 0 Å². The van der Waals surface area contributed by atoms with E-state index in [-0.39, 0.29) is 5.66 Å². The first-order chi connectivity index (χ1) is 11.3. The minimum absolute atomic E-state index is 0.271. The molecule has 0 spiro atoms. The maximum atomic E-state index is 13.1. The molecule has 0 amide bonds. The first-order valence-corrected chi connectivity index (χ1v) is 10.3. The van der Waals surface area contributed by atoms with Gasteiger partial charge in [0, 0.05) is 0 Å². The van der Waals surface area contributed by atoms with E-state index in [1.807, 2.05) is 18.2 Å². The van der Waals surface area contributed by atoms with Crippen molar-refractivity contribution >= 4 is 13.5 Å². The van der Waals surface area contributed by atoms with E-state index in [1.165, 1.54) is 0 Å². The third kappa shape index (κ3) is 6.29. The Hall–Kier alpha value is -1.32. The Kier molecular flexibility index (Phi) is 8.51. The van der Waals surface area contributed by atoms with E-state index < -0.39 is 19.5 Å². The summed E-state index contributed by atoms with van der Waals surface area (Å²) in [6.45, 7) is 9.80. The normalized spacial score (nSPS) is 15.1. The summed E-state index contributed by atoms with van der Waals surface area (Å²) in [6.07, 6.45) is 1.93. The molecule has 0 saturated heterocycles. The summed E-state index contributed by atoms with van der Waals surface area (Å²) in [5, 5.41) is 2.86. The lowest BCUT2D eigenvalue weighted by atomic mass is 10.1. The molecular formula is C18H30NO4P. The fourth-order valence-electron chi connectivity index (χ4n) is 2.09. The predicted octanol–water partition coefficient (Wildman–Crippen LogP) is 4.62. The smallest absolute Gasteiger partial charge is 0.323 e. The van der Waals surface area contributed by atoms with Crippen molar-refractivity contribution < 1.29 is 18.6 Å². The number of rotatable bonds is 10. The van der Waals surface area contributed by atoms with Gasteiger partial charge in [0.05, 0.1) is 12.3 Å². The van der Waals surface area contributed by atoms with Gasteiger partial charge in [0.2, 0.25) is 0 Å². The van der Waals surface area contributed by atoms with Gasteiger partial charge in [-0.2, -0.15) is 0 Å². The summed E-state index contributed by atoms with van der Waals surface area (Å²) in [7, 11) is -3.24.